The topological polar surface area (TPSA) is 9.23 Å². The molecule has 0 fully saturated rings. The van der Waals surface area contributed by atoms with Crippen LogP contribution >= 0.6 is 0 Å². The lowest BCUT2D eigenvalue weighted by atomic mass is 10.2. The van der Waals surface area contributed by atoms with Crippen LogP contribution in [0.3, 0.4) is 0 Å². The van der Waals surface area contributed by atoms with Crippen LogP contribution in [0.25, 0.3) is 6.08 Å². The fraction of sp³-hybridized carbons (Fsp3) is 0.200. The van der Waals surface area contributed by atoms with Gasteiger partial charge in [0.1, 0.15) is 11.6 Å². The van der Waals surface area contributed by atoms with Crippen molar-refractivity contribution in [3.8, 4) is 5.75 Å². The fourth-order valence-corrected chi connectivity index (χ4v) is 0.952. The molecule has 0 unspecified atom stereocenters. The van der Waals surface area contributed by atoms with Crippen LogP contribution in [-0.4, -0.2) is 6.61 Å². The zero-order valence-electron chi connectivity index (χ0n) is 7.01. The van der Waals surface area contributed by atoms with Gasteiger partial charge in [-0.2, -0.15) is 0 Å². The minimum Gasteiger partial charge on any atom is -0.494 e. The van der Waals surface area contributed by atoms with Crippen molar-refractivity contribution in [3.63, 3.8) is 0 Å². The van der Waals surface area contributed by atoms with Crippen LogP contribution in [-0.2, 0) is 0 Å². The van der Waals surface area contributed by atoms with Gasteiger partial charge < -0.3 is 4.74 Å². The van der Waals surface area contributed by atoms with Crippen molar-refractivity contribution in [2.75, 3.05) is 6.61 Å². The van der Waals surface area contributed by atoms with Crippen molar-refractivity contribution < 1.29 is 9.13 Å². The number of hydrogen-bond acceptors (Lipinski definition) is 1. The normalized spacial score (nSPS) is 9.50. The van der Waals surface area contributed by atoms with Crippen LogP contribution in [0.2, 0.25) is 0 Å². The minimum atomic E-state index is -0.296. The van der Waals surface area contributed by atoms with E-state index in [-0.39, 0.29) is 5.82 Å². The Morgan fingerprint density at radius 3 is 2.83 bits per heavy atom. The molecular weight excluding hydrogens is 155 g/mol. The number of rotatable bonds is 3. The number of hydrogen-bond donors (Lipinski definition) is 0. The van der Waals surface area contributed by atoms with Crippen molar-refractivity contribution in [3.05, 3.63) is 36.2 Å². The quantitative estimate of drug-likeness (QED) is 0.670. The van der Waals surface area contributed by atoms with Crippen LogP contribution < -0.4 is 4.74 Å². The molecule has 1 aromatic rings. The monoisotopic (exact) mass is 166 g/mol. The van der Waals surface area contributed by atoms with Gasteiger partial charge in [-0.15, -0.1) is 0 Å². The summed E-state index contributed by atoms with van der Waals surface area (Å²) in [7, 11) is 0. The third-order valence-corrected chi connectivity index (χ3v) is 1.44. The molecular formula is C10H11FO. The highest BCUT2D eigenvalue weighted by Crippen LogP contribution is 2.16. The zero-order chi connectivity index (χ0) is 8.97. The number of halogens is 1. The lowest BCUT2D eigenvalue weighted by Crippen LogP contribution is -1.92. The Morgan fingerprint density at radius 2 is 2.25 bits per heavy atom. The van der Waals surface area contributed by atoms with Crippen LogP contribution in [0.4, 0.5) is 4.39 Å². The van der Waals surface area contributed by atoms with Gasteiger partial charge in [-0.25, -0.2) is 4.39 Å². The van der Waals surface area contributed by atoms with E-state index < -0.39 is 0 Å². The van der Waals surface area contributed by atoms with Gasteiger partial charge in [0.15, 0.2) is 0 Å². The molecule has 12 heavy (non-hydrogen) atoms. The molecule has 0 atom stereocenters. The predicted octanol–water partition coefficient (Wildman–Crippen LogP) is 2.87. The molecule has 0 aliphatic rings. The molecule has 0 amide bonds. The van der Waals surface area contributed by atoms with E-state index in [4.69, 9.17) is 4.74 Å². The Balaban J connectivity index is 2.97. The van der Waals surface area contributed by atoms with E-state index in [9.17, 15) is 4.39 Å². The third kappa shape index (κ3) is 2.09. The second-order valence-electron chi connectivity index (χ2n) is 2.36. The van der Waals surface area contributed by atoms with E-state index in [2.05, 4.69) is 6.58 Å². The smallest absolute Gasteiger partial charge is 0.127 e. The van der Waals surface area contributed by atoms with E-state index in [0.717, 1.165) is 5.56 Å². The maximum atomic E-state index is 12.8. The molecule has 1 rings (SSSR count). The molecule has 0 saturated carbocycles. The molecule has 0 heterocycles. The van der Waals surface area contributed by atoms with Gasteiger partial charge in [0.05, 0.1) is 6.61 Å². The van der Waals surface area contributed by atoms with E-state index in [1.54, 1.807) is 12.1 Å². The van der Waals surface area contributed by atoms with E-state index >= 15 is 0 Å². The van der Waals surface area contributed by atoms with Gasteiger partial charge >= 0.3 is 0 Å². The largest absolute Gasteiger partial charge is 0.494 e. The molecule has 1 aromatic carbocycles. The Bertz CT molecular complexity index is 281. The van der Waals surface area contributed by atoms with Gasteiger partial charge in [0.25, 0.3) is 0 Å². The van der Waals surface area contributed by atoms with Gasteiger partial charge in [-0.05, 0) is 24.6 Å². The summed E-state index contributed by atoms with van der Waals surface area (Å²) in [6, 6.07) is 4.52. The first-order valence-corrected chi connectivity index (χ1v) is 3.82. The molecule has 0 aliphatic heterocycles. The minimum absolute atomic E-state index is 0.296. The summed E-state index contributed by atoms with van der Waals surface area (Å²) >= 11 is 0. The first kappa shape index (κ1) is 8.78. The molecule has 0 saturated heterocycles. The lowest BCUT2D eigenvalue weighted by Gasteiger charge is -2.03. The zero-order valence-corrected chi connectivity index (χ0v) is 7.01. The van der Waals surface area contributed by atoms with Crippen molar-refractivity contribution in [1.29, 1.82) is 0 Å². The Morgan fingerprint density at radius 1 is 1.50 bits per heavy atom. The predicted molar refractivity (Wildman–Crippen MR) is 47.7 cm³/mol. The molecule has 1 nitrogen and oxygen atoms in total. The Hall–Kier alpha value is -1.31. The molecule has 0 spiro atoms. The standard InChI is InChI=1S/C10H11FO/c1-3-8-5-9(11)7-10(6-8)12-4-2/h3,5-7H,1,4H2,2H3. The maximum absolute atomic E-state index is 12.8. The van der Waals surface area contributed by atoms with Crippen LogP contribution in [0.1, 0.15) is 12.5 Å². The van der Waals surface area contributed by atoms with Gasteiger partial charge in [-0.3, -0.25) is 0 Å². The van der Waals surface area contributed by atoms with E-state index in [0.29, 0.717) is 12.4 Å². The lowest BCUT2D eigenvalue weighted by molar-refractivity contribution is 0.338. The molecule has 0 aliphatic carbocycles. The van der Waals surface area contributed by atoms with Crippen molar-refractivity contribution in [2.45, 2.75) is 6.92 Å². The van der Waals surface area contributed by atoms with Crippen molar-refractivity contribution >= 4 is 6.08 Å². The fourth-order valence-electron chi connectivity index (χ4n) is 0.952. The number of ether oxygens (including phenoxy) is 1. The summed E-state index contributed by atoms with van der Waals surface area (Å²) in [4.78, 5) is 0. The molecule has 64 valence electrons. The Kier molecular flexibility index (Phi) is 2.86. The Labute approximate surface area is 71.5 Å². The van der Waals surface area contributed by atoms with Crippen LogP contribution in [0.5, 0.6) is 5.75 Å². The molecule has 0 N–H and O–H groups in total. The summed E-state index contributed by atoms with van der Waals surface area (Å²) in [6.07, 6.45) is 1.59. The highest BCUT2D eigenvalue weighted by Gasteiger charge is 1.97. The van der Waals surface area contributed by atoms with Crippen molar-refractivity contribution in [1.82, 2.24) is 0 Å². The van der Waals surface area contributed by atoms with Gasteiger partial charge in [0, 0.05) is 6.07 Å². The van der Waals surface area contributed by atoms with Crippen LogP contribution in [0.15, 0.2) is 24.8 Å². The maximum Gasteiger partial charge on any atom is 0.127 e. The van der Waals surface area contributed by atoms with Crippen LogP contribution in [0, 0.1) is 5.82 Å². The molecule has 2 heteroatoms. The second kappa shape index (κ2) is 3.90. The highest BCUT2D eigenvalue weighted by atomic mass is 19.1. The third-order valence-electron chi connectivity index (χ3n) is 1.44. The molecule has 0 aromatic heterocycles. The van der Waals surface area contributed by atoms with E-state index in [1.807, 2.05) is 6.92 Å². The summed E-state index contributed by atoms with van der Waals surface area (Å²) in [6.45, 7) is 5.95. The highest BCUT2D eigenvalue weighted by molar-refractivity contribution is 5.49. The molecule has 0 radical (unpaired) electrons. The van der Waals surface area contributed by atoms with Crippen molar-refractivity contribution in [2.24, 2.45) is 0 Å². The van der Waals surface area contributed by atoms with Gasteiger partial charge in [0.2, 0.25) is 0 Å². The van der Waals surface area contributed by atoms with E-state index in [1.165, 1.54) is 12.1 Å². The summed E-state index contributed by atoms with van der Waals surface area (Å²) < 4.78 is 18.0. The first-order chi connectivity index (χ1) is 5.76. The second-order valence-corrected chi connectivity index (χ2v) is 2.36. The summed E-state index contributed by atoms with van der Waals surface area (Å²) in [5.74, 6) is 0.253. The summed E-state index contributed by atoms with van der Waals surface area (Å²) in [5.41, 5.74) is 0.735. The SMILES string of the molecule is C=Cc1cc(F)cc(OCC)c1. The first-order valence-electron chi connectivity index (χ1n) is 3.82. The summed E-state index contributed by atoms with van der Waals surface area (Å²) in [5, 5.41) is 0. The average molecular weight is 166 g/mol. The van der Waals surface area contributed by atoms with Gasteiger partial charge in [-0.1, -0.05) is 12.7 Å². The molecule has 0 bridgehead atoms. The number of benzene rings is 1. The average Bonchev–Trinajstić information content (AvgIpc) is 2.04.